The molecule has 0 aromatic heterocycles. The highest BCUT2D eigenvalue weighted by atomic mass is 32.2. The molecule has 0 spiro atoms. The van der Waals surface area contributed by atoms with Gasteiger partial charge in [-0.15, -0.1) is 0 Å². The summed E-state index contributed by atoms with van der Waals surface area (Å²) in [5.74, 6) is 0.729. The third-order valence-corrected chi connectivity index (χ3v) is 11.6. The summed E-state index contributed by atoms with van der Waals surface area (Å²) in [5.41, 5.74) is 0.929. The zero-order chi connectivity index (χ0) is 28.5. The van der Waals surface area contributed by atoms with Crippen LogP contribution >= 0.6 is 0 Å². The minimum Gasteiger partial charge on any atom is -0.371 e. The van der Waals surface area contributed by atoms with Crippen molar-refractivity contribution in [3.63, 3.8) is 0 Å². The van der Waals surface area contributed by atoms with E-state index in [2.05, 4.69) is 15.9 Å². The molecule has 3 aliphatic rings. The Labute approximate surface area is 243 Å². The summed E-state index contributed by atoms with van der Waals surface area (Å²) in [6, 6.07) is 25.5. The molecule has 0 radical (unpaired) electrons. The van der Waals surface area contributed by atoms with E-state index in [0.717, 1.165) is 76.9 Å². The molecule has 6 rings (SSSR count). The molecule has 7 heteroatoms. The van der Waals surface area contributed by atoms with Gasteiger partial charge in [0.15, 0.2) is 0 Å². The quantitative estimate of drug-likeness (QED) is 0.311. The van der Waals surface area contributed by atoms with Crippen LogP contribution < -0.4 is 4.90 Å². The molecule has 0 amide bonds. The lowest BCUT2D eigenvalue weighted by Gasteiger charge is -2.47. The maximum atomic E-state index is 15.1. The summed E-state index contributed by atoms with van der Waals surface area (Å²) in [6.45, 7) is 4.80. The first-order valence-electron chi connectivity index (χ1n) is 15.0. The first kappa shape index (κ1) is 27.9. The number of sulfone groups is 1. The van der Waals surface area contributed by atoms with Crippen molar-refractivity contribution in [2.75, 3.05) is 37.6 Å². The monoisotopic (exact) mass is 571 g/mol. The second-order valence-corrected chi connectivity index (χ2v) is 14.0. The SMILES string of the molecule is N#CC(c1ccccc1F)(C1CCCC1)C1CCN(CC2CN(c3ccc(S(=O)(=O)c4ccccc4)cc3)C2)CC1. The van der Waals surface area contributed by atoms with Gasteiger partial charge in [-0.2, -0.15) is 5.26 Å². The number of nitriles is 1. The van der Waals surface area contributed by atoms with E-state index in [-0.39, 0.29) is 17.7 Å². The van der Waals surface area contributed by atoms with Gasteiger partial charge < -0.3 is 9.80 Å². The van der Waals surface area contributed by atoms with Gasteiger partial charge in [0, 0.05) is 36.8 Å². The van der Waals surface area contributed by atoms with Crippen LogP contribution in [0.15, 0.2) is 88.7 Å². The Morgan fingerprint density at radius 2 is 1.39 bits per heavy atom. The third-order valence-electron chi connectivity index (χ3n) is 9.77. The lowest BCUT2D eigenvalue weighted by molar-refractivity contribution is 0.101. The summed E-state index contributed by atoms with van der Waals surface area (Å²) in [5, 5.41) is 10.6. The van der Waals surface area contributed by atoms with Crippen LogP contribution in [0.5, 0.6) is 0 Å². The number of benzene rings is 3. The molecule has 2 heterocycles. The molecule has 3 aromatic rings. The number of likely N-dealkylation sites (tertiary alicyclic amines) is 1. The van der Waals surface area contributed by atoms with E-state index in [1.54, 1.807) is 42.5 Å². The lowest BCUT2D eigenvalue weighted by atomic mass is 9.60. The summed E-state index contributed by atoms with van der Waals surface area (Å²) in [6.07, 6.45) is 6.13. The Kier molecular flexibility index (Phi) is 7.89. The van der Waals surface area contributed by atoms with E-state index in [1.165, 1.54) is 6.07 Å². The molecule has 1 aliphatic carbocycles. The van der Waals surface area contributed by atoms with Gasteiger partial charge >= 0.3 is 0 Å². The second kappa shape index (κ2) is 11.6. The van der Waals surface area contributed by atoms with Gasteiger partial charge in [-0.05, 0) is 93.1 Å². The van der Waals surface area contributed by atoms with Gasteiger partial charge in [0.25, 0.3) is 0 Å². The van der Waals surface area contributed by atoms with Gasteiger partial charge in [-0.25, -0.2) is 12.8 Å². The Bertz CT molecular complexity index is 1480. The summed E-state index contributed by atoms with van der Waals surface area (Å²) < 4.78 is 40.9. The number of nitrogens with zero attached hydrogens (tertiary/aromatic N) is 3. The smallest absolute Gasteiger partial charge is 0.206 e. The maximum Gasteiger partial charge on any atom is 0.206 e. The van der Waals surface area contributed by atoms with Crippen LogP contribution in [-0.2, 0) is 15.3 Å². The first-order chi connectivity index (χ1) is 19.9. The summed E-state index contributed by atoms with van der Waals surface area (Å²) >= 11 is 0. The zero-order valence-electron chi connectivity index (χ0n) is 23.5. The van der Waals surface area contributed by atoms with Gasteiger partial charge in [-0.1, -0.05) is 49.2 Å². The second-order valence-electron chi connectivity index (χ2n) is 12.1. The Balaban J connectivity index is 1.05. The number of halogens is 1. The van der Waals surface area contributed by atoms with Gasteiger partial charge in [-0.3, -0.25) is 0 Å². The maximum absolute atomic E-state index is 15.1. The van der Waals surface area contributed by atoms with E-state index in [4.69, 9.17) is 0 Å². The average Bonchev–Trinajstić information content (AvgIpc) is 3.53. The highest BCUT2D eigenvalue weighted by Gasteiger charge is 2.50. The molecular weight excluding hydrogens is 533 g/mol. The predicted octanol–water partition coefficient (Wildman–Crippen LogP) is 6.46. The molecule has 2 saturated heterocycles. The zero-order valence-corrected chi connectivity index (χ0v) is 24.3. The van der Waals surface area contributed by atoms with Gasteiger partial charge in [0.05, 0.1) is 21.3 Å². The first-order valence-corrected chi connectivity index (χ1v) is 16.4. The molecular formula is C34H38FN3O2S. The van der Waals surface area contributed by atoms with Crippen molar-refractivity contribution in [1.82, 2.24) is 4.90 Å². The fourth-order valence-corrected chi connectivity index (χ4v) is 8.88. The lowest BCUT2D eigenvalue weighted by Crippen LogP contribution is -2.53. The van der Waals surface area contributed by atoms with Crippen molar-refractivity contribution in [3.8, 4) is 6.07 Å². The Morgan fingerprint density at radius 1 is 0.805 bits per heavy atom. The normalized spacial score (nSPS) is 20.8. The minimum atomic E-state index is -3.51. The molecule has 1 unspecified atom stereocenters. The van der Waals surface area contributed by atoms with E-state index < -0.39 is 15.3 Å². The number of hydrogen-bond donors (Lipinski definition) is 0. The van der Waals surface area contributed by atoms with E-state index in [1.807, 2.05) is 30.3 Å². The van der Waals surface area contributed by atoms with Crippen LogP contribution in [0, 0.1) is 34.9 Å². The van der Waals surface area contributed by atoms with Crippen LogP contribution in [0.4, 0.5) is 10.1 Å². The summed E-state index contributed by atoms with van der Waals surface area (Å²) in [7, 11) is -3.51. The number of rotatable bonds is 8. The van der Waals surface area contributed by atoms with Crippen molar-refractivity contribution in [1.29, 1.82) is 5.26 Å². The fraction of sp³-hybridized carbons (Fsp3) is 0.441. The Morgan fingerprint density at radius 3 is 2.02 bits per heavy atom. The highest BCUT2D eigenvalue weighted by Crippen LogP contribution is 2.50. The predicted molar refractivity (Wildman–Crippen MR) is 159 cm³/mol. The molecule has 1 atom stereocenters. The molecule has 1 saturated carbocycles. The number of piperidine rings is 1. The number of hydrogen-bond acceptors (Lipinski definition) is 5. The minimum absolute atomic E-state index is 0.173. The third kappa shape index (κ3) is 5.29. The van der Waals surface area contributed by atoms with Crippen LogP contribution in [0.1, 0.15) is 44.1 Å². The molecule has 3 fully saturated rings. The van der Waals surface area contributed by atoms with Crippen LogP contribution in [-0.4, -0.2) is 46.0 Å². The molecule has 2 aliphatic heterocycles. The van der Waals surface area contributed by atoms with Crippen molar-refractivity contribution in [2.24, 2.45) is 17.8 Å². The van der Waals surface area contributed by atoms with E-state index in [0.29, 0.717) is 21.3 Å². The van der Waals surface area contributed by atoms with Crippen LogP contribution in [0.2, 0.25) is 0 Å². The van der Waals surface area contributed by atoms with Crippen molar-refractivity contribution in [2.45, 2.75) is 53.7 Å². The molecule has 3 aromatic carbocycles. The van der Waals surface area contributed by atoms with E-state index in [9.17, 15) is 13.7 Å². The van der Waals surface area contributed by atoms with Crippen molar-refractivity contribution < 1.29 is 12.8 Å². The number of anilines is 1. The van der Waals surface area contributed by atoms with Crippen LogP contribution in [0.3, 0.4) is 0 Å². The molecule has 0 bridgehead atoms. The van der Waals surface area contributed by atoms with Crippen molar-refractivity contribution in [3.05, 3.63) is 90.2 Å². The van der Waals surface area contributed by atoms with Gasteiger partial charge in [0.1, 0.15) is 5.82 Å². The molecule has 41 heavy (non-hydrogen) atoms. The topological polar surface area (TPSA) is 64.4 Å². The highest BCUT2D eigenvalue weighted by molar-refractivity contribution is 7.91. The summed E-state index contributed by atoms with van der Waals surface area (Å²) in [4.78, 5) is 5.44. The fourth-order valence-electron chi connectivity index (χ4n) is 7.60. The molecule has 0 N–H and O–H groups in total. The van der Waals surface area contributed by atoms with Crippen LogP contribution in [0.25, 0.3) is 0 Å². The molecule has 5 nitrogen and oxygen atoms in total. The van der Waals surface area contributed by atoms with E-state index >= 15 is 4.39 Å². The van der Waals surface area contributed by atoms with Crippen molar-refractivity contribution >= 4 is 15.5 Å². The standard InChI is InChI=1S/C34H38FN3O2S/c35-33-13-7-6-12-32(33)34(25-36,27-8-4-5-9-27)28-18-20-37(21-19-28)22-26-23-38(24-26)29-14-16-31(17-15-29)41(39,40)30-10-2-1-3-11-30/h1-3,6-7,10-17,26-28H,4-5,8-9,18-24H2. The Hall–Kier alpha value is -3.21. The largest absolute Gasteiger partial charge is 0.371 e. The molecule has 214 valence electrons. The average molecular weight is 572 g/mol. The van der Waals surface area contributed by atoms with Gasteiger partial charge in [0.2, 0.25) is 9.84 Å².